The van der Waals surface area contributed by atoms with E-state index in [0.29, 0.717) is 0 Å². The second-order valence-corrected chi connectivity index (χ2v) is 3.42. The van der Waals surface area contributed by atoms with Gasteiger partial charge in [0.05, 0.1) is 11.2 Å². The van der Waals surface area contributed by atoms with E-state index in [-0.39, 0.29) is 6.04 Å². The zero-order valence-corrected chi connectivity index (χ0v) is 6.73. The van der Waals surface area contributed by atoms with Crippen LogP contribution < -0.4 is 5.32 Å². The topological polar surface area (TPSA) is 42.0 Å². The van der Waals surface area contributed by atoms with Crippen LogP contribution in [0.25, 0.3) is 0 Å². The normalized spacial score (nSPS) is 22.7. The van der Waals surface area contributed by atoms with Gasteiger partial charge in [-0.1, -0.05) is 0 Å². The van der Waals surface area contributed by atoms with Crippen molar-refractivity contribution in [1.29, 1.82) is 0 Å². The third-order valence-corrected chi connectivity index (χ3v) is 2.73. The molecule has 1 aliphatic rings. The fraction of sp³-hybridized carbons (Fsp3) is 0.429. The van der Waals surface area contributed by atoms with E-state index in [0.717, 1.165) is 24.9 Å². The summed E-state index contributed by atoms with van der Waals surface area (Å²) in [6, 6.07) is -0.162. The zero-order chi connectivity index (χ0) is 7.68. The SMILES string of the molecule is O=CC1NCCc2scnc21. The summed E-state index contributed by atoms with van der Waals surface area (Å²) >= 11 is 1.63. The molecular formula is C7H8N2OS. The standard InChI is InChI=1S/C7H8N2OS/c10-3-5-7-6(1-2-8-5)11-4-9-7/h3-5,8H,1-2H2. The fourth-order valence-electron chi connectivity index (χ4n) is 1.27. The first-order valence-corrected chi connectivity index (χ1v) is 4.40. The van der Waals surface area contributed by atoms with Crippen LogP contribution in [0, 0.1) is 0 Å². The van der Waals surface area contributed by atoms with Gasteiger partial charge < -0.3 is 10.1 Å². The Hall–Kier alpha value is -0.740. The van der Waals surface area contributed by atoms with Gasteiger partial charge in [-0.05, 0) is 6.42 Å². The van der Waals surface area contributed by atoms with Crippen LogP contribution in [0.4, 0.5) is 0 Å². The predicted molar refractivity (Wildman–Crippen MR) is 42.6 cm³/mol. The van der Waals surface area contributed by atoms with Crippen molar-refractivity contribution < 1.29 is 4.79 Å². The van der Waals surface area contributed by atoms with E-state index in [1.165, 1.54) is 4.88 Å². The molecule has 0 fully saturated rings. The molecule has 3 nitrogen and oxygen atoms in total. The molecule has 0 amide bonds. The lowest BCUT2D eigenvalue weighted by Gasteiger charge is -2.17. The first kappa shape index (κ1) is 6.94. The zero-order valence-electron chi connectivity index (χ0n) is 5.91. The Morgan fingerprint density at radius 2 is 2.73 bits per heavy atom. The van der Waals surface area contributed by atoms with Crippen LogP contribution in [0.3, 0.4) is 0 Å². The molecule has 11 heavy (non-hydrogen) atoms. The smallest absolute Gasteiger partial charge is 0.143 e. The maximum absolute atomic E-state index is 10.5. The number of carbonyl (C=O) groups is 1. The first-order valence-electron chi connectivity index (χ1n) is 3.53. The molecule has 0 saturated heterocycles. The van der Waals surface area contributed by atoms with Gasteiger partial charge in [0.2, 0.25) is 0 Å². The Morgan fingerprint density at radius 1 is 1.82 bits per heavy atom. The Labute approximate surface area is 68.5 Å². The lowest BCUT2D eigenvalue weighted by molar-refractivity contribution is -0.109. The van der Waals surface area contributed by atoms with E-state index in [1.807, 2.05) is 0 Å². The summed E-state index contributed by atoms with van der Waals surface area (Å²) in [4.78, 5) is 15.9. The van der Waals surface area contributed by atoms with Crippen molar-refractivity contribution in [1.82, 2.24) is 10.3 Å². The molecule has 58 valence electrons. The Kier molecular flexibility index (Phi) is 1.71. The quantitative estimate of drug-likeness (QED) is 0.622. The second-order valence-electron chi connectivity index (χ2n) is 2.48. The molecule has 4 heteroatoms. The lowest BCUT2D eigenvalue weighted by atomic mass is 10.1. The third-order valence-electron chi connectivity index (χ3n) is 1.82. The molecule has 1 aromatic rings. The molecule has 0 aromatic carbocycles. The highest BCUT2D eigenvalue weighted by Crippen LogP contribution is 2.22. The average molecular weight is 168 g/mol. The molecule has 1 aliphatic heterocycles. The Bertz CT molecular complexity index is 271. The molecule has 0 radical (unpaired) electrons. The van der Waals surface area contributed by atoms with E-state index in [9.17, 15) is 4.79 Å². The molecule has 1 unspecified atom stereocenters. The largest absolute Gasteiger partial charge is 0.302 e. The number of fused-ring (bicyclic) bond motifs is 1. The molecule has 0 saturated carbocycles. The van der Waals surface area contributed by atoms with E-state index >= 15 is 0 Å². The molecule has 0 aliphatic carbocycles. The van der Waals surface area contributed by atoms with Gasteiger partial charge in [0.25, 0.3) is 0 Å². The van der Waals surface area contributed by atoms with Crippen molar-refractivity contribution in [2.75, 3.05) is 6.54 Å². The summed E-state index contributed by atoms with van der Waals surface area (Å²) in [5, 5.41) is 3.09. The summed E-state index contributed by atoms with van der Waals surface area (Å²) in [5.74, 6) is 0. The third kappa shape index (κ3) is 1.08. The van der Waals surface area contributed by atoms with Gasteiger partial charge in [0.1, 0.15) is 12.3 Å². The van der Waals surface area contributed by atoms with Gasteiger partial charge in [-0.2, -0.15) is 0 Å². The number of nitrogens with zero attached hydrogens (tertiary/aromatic N) is 1. The van der Waals surface area contributed by atoms with Crippen molar-refractivity contribution in [2.45, 2.75) is 12.5 Å². The number of rotatable bonds is 1. The van der Waals surface area contributed by atoms with Crippen molar-refractivity contribution in [3.8, 4) is 0 Å². The van der Waals surface area contributed by atoms with E-state index in [2.05, 4.69) is 10.3 Å². The van der Waals surface area contributed by atoms with Gasteiger partial charge in [-0.3, -0.25) is 0 Å². The maximum Gasteiger partial charge on any atom is 0.143 e. The highest BCUT2D eigenvalue weighted by atomic mass is 32.1. The summed E-state index contributed by atoms with van der Waals surface area (Å²) < 4.78 is 0. The Balaban J connectivity index is 2.39. The van der Waals surface area contributed by atoms with E-state index in [4.69, 9.17) is 0 Å². The second kappa shape index (κ2) is 2.71. The lowest BCUT2D eigenvalue weighted by Crippen LogP contribution is -2.30. The molecule has 1 aromatic heterocycles. The highest BCUT2D eigenvalue weighted by Gasteiger charge is 2.20. The highest BCUT2D eigenvalue weighted by molar-refractivity contribution is 7.09. The molecule has 2 heterocycles. The van der Waals surface area contributed by atoms with Gasteiger partial charge in [-0.15, -0.1) is 11.3 Å². The minimum absolute atomic E-state index is 0.162. The number of aromatic nitrogens is 1. The summed E-state index contributed by atoms with van der Waals surface area (Å²) in [6.07, 6.45) is 1.92. The molecule has 0 bridgehead atoms. The van der Waals surface area contributed by atoms with Gasteiger partial charge in [-0.25, -0.2) is 4.98 Å². The molecule has 1 atom stereocenters. The van der Waals surface area contributed by atoms with Crippen LogP contribution in [0.15, 0.2) is 5.51 Å². The van der Waals surface area contributed by atoms with Crippen molar-refractivity contribution in [3.63, 3.8) is 0 Å². The van der Waals surface area contributed by atoms with Crippen LogP contribution in [0.5, 0.6) is 0 Å². The minimum atomic E-state index is -0.162. The van der Waals surface area contributed by atoms with Crippen LogP contribution in [0.2, 0.25) is 0 Å². The summed E-state index contributed by atoms with van der Waals surface area (Å²) in [5.41, 5.74) is 2.73. The maximum atomic E-state index is 10.5. The first-order chi connectivity index (χ1) is 5.42. The fourth-order valence-corrected chi connectivity index (χ4v) is 2.08. The van der Waals surface area contributed by atoms with Crippen LogP contribution in [-0.4, -0.2) is 17.8 Å². The van der Waals surface area contributed by atoms with E-state index in [1.54, 1.807) is 16.8 Å². The van der Waals surface area contributed by atoms with Crippen LogP contribution in [0.1, 0.15) is 16.6 Å². The molecule has 1 N–H and O–H groups in total. The van der Waals surface area contributed by atoms with Crippen molar-refractivity contribution >= 4 is 17.6 Å². The Morgan fingerprint density at radius 3 is 3.55 bits per heavy atom. The molecule has 2 rings (SSSR count). The number of thiazole rings is 1. The van der Waals surface area contributed by atoms with Crippen LogP contribution in [-0.2, 0) is 11.2 Å². The number of hydrogen-bond acceptors (Lipinski definition) is 4. The monoisotopic (exact) mass is 168 g/mol. The number of aldehydes is 1. The van der Waals surface area contributed by atoms with Crippen molar-refractivity contribution in [3.05, 3.63) is 16.1 Å². The number of hydrogen-bond donors (Lipinski definition) is 1. The number of nitrogens with one attached hydrogen (secondary N) is 1. The van der Waals surface area contributed by atoms with Crippen molar-refractivity contribution in [2.24, 2.45) is 0 Å². The van der Waals surface area contributed by atoms with Gasteiger partial charge >= 0.3 is 0 Å². The van der Waals surface area contributed by atoms with Gasteiger partial charge in [0.15, 0.2) is 0 Å². The van der Waals surface area contributed by atoms with Gasteiger partial charge in [0, 0.05) is 11.4 Å². The molecule has 0 spiro atoms. The molecular weight excluding hydrogens is 160 g/mol. The minimum Gasteiger partial charge on any atom is -0.302 e. The predicted octanol–water partition coefficient (Wildman–Crippen LogP) is 0.529. The van der Waals surface area contributed by atoms with Crippen LogP contribution >= 0.6 is 11.3 Å². The summed E-state index contributed by atoms with van der Waals surface area (Å²) in [6.45, 7) is 0.888. The average Bonchev–Trinajstić information content (AvgIpc) is 2.50. The summed E-state index contributed by atoms with van der Waals surface area (Å²) in [7, 11) is 0. The van der Waals surface area contributed by atoms with E-state index < -0.39 is 0 Å². The number of carbonyl (C=O) groups excluding carboxylic acids is 1.